The van der Waals surface area contributed by atoms with Gasteiger partial charge in [-0.05, 0) is 31.4 Å². The Morgan fingerprint density at radius 1 is 1.29 bits per heavy atom. The maximum Gasteiger partial charge on any atom is 0.201 e. The number of ketones is 1. The Morgan fingerprint density at radius 3 is 2.82 bits per heavy atom. The number of Topliss-reactive ketones (excluding diaryl/α,β-unsaturated/α-hetero) is 1. The predicted octanol–water partition coefficient (Wildman–Crippen LogP) is 2.74. The summed E-state index contributed by atoms with van der Waals surface area (Å²) in [5.41, 5.74) is 6.61. The average Bonchev–Trinajstić information content (AvgIpc) is 2.93. The number of carbonyl (C=O) groups is 1. The van der Waals surface area contributed by atoms with E-state index in [4.69, 9.17) is 10.2 Å². The highest BCUT2D eigenvalue weighted by Gasteiger charge is 2.30. The molecule has 2 atom stereocenters. The van der Waals surface area contributed by atoms with Crippen LogP contribution in [0.15, 0.2) is 34.7 Å². The number of nitrogens with two attached hydrogens (primary N) is 1. The van der Waals surface area contributed by atoms with Crippen LogP contribution in [0.25, 0.3) is 11.0 Å². The first kappa shape index (κ1) is 10.5. The van der Waals surface area contributed by atoms with Crippen molar-refractivity contribution in [3.63, 3.8) is 0 Å². The zero-order chi connectivity index (χ0) is 11.8. The predicted molar refractivity (Wildman–Crippen MR) is 65.9 cm³/mol. The fourth-order valence-electron chi connectivity index (χ4n) is 2.56. The lowest BCUT2D eigenvalue weighted by molar-refractivity contribution is 0.0895. The molecule has 0 bridgehead atoms. The van der Waals surface area contributed by atoms with Crippen LogP contribution in [0.1, 0.15) is 29.8 Å². The number of rotatable bonds is 2. The average molecular weight is 229 g/mol. The van der Waals surface area contributed by atoms with Crippen LogP contribution in [0, 0.1) is 5.92 Å². The standard InChI is InChI=1S/C14H15NO2/c15-11-6-5-10(7-11)14(16)13-8-9-3-1-2-4-12(9)17-13/h1-4,8,10-11H,5-7,15H2. The molecule has 2 N–H and O–H groups in total. The molecule has 2 unspecified atom stereocenters. The van der Waals surface area contributed by atoms with Crippen LogP contribution in [0.5, 0.6) is 0 Å². The van der Waals surface area contributed by atoms with E-state index in [-0.39, 0.29) is 17.7 Å². The molecule has 1 heterocycles. The van der Waals surface area contributed by atoms with Crippen molar-refractivity contribution in [3.05, 3.63) is 36.1 Å². The highest BCUT2D eigenvalue weighted by Crippen LogP contribution is 2.29. The third-order valence-electron chi connectivity index (χ3n) is 3.51. The number of para-hydroxylation sites is 1. The Labute approximate surface area is 99.6 Å². The van der Waals surface area contributed by atoms with Gasteiger partial charge in [-0.3, -0.25) is 4.79 Å². The van der Waals surface area contributed by atoms with E-state index in [1.165, 1.54) is 0 Å². The highest BCUT2D eigenvalue weighted by molar-refractivity contribution is 5.99. The largest absolute Gasteiger partial charge is 0.453 e. The summed E-state index contributed by atoms with van der Waals surface area (Å²) in [5, 5.41) is 0.984. The molecule has 0 spiro atoms. The zero-order valence-electron chi connectivity index (χ0n) is 9.56. The van der Waals surface area contributed by atoms with Crippen molar-refractivity contribution in [1.29, 1.82) is 0 Å². The van der Waals surface area contributed by atoms with Gasteiger partial charge >= 0.3 is 0 Å². The van der Waals surface area contributed by atoms with Gasteiger partial charge in [0, 0.05) is 17.3 Å². The normalized spacial score (nSPS) is 24.3. The van der Waals surface area contributed by atoms with Crippen molar-refractivity contribution in [2.75, 3.05) is 0 Å². The SMILES string of the molecule is NC1CCC(C(=O)c2cc3ccccc3o2)C1. The maximum atomic E-state index is 12.2. The molecule has 3 heteroatoms. The lowest BCUT2D eigenvalue weighted by Crippen LogP contribution is -2.17. The van der Waals surface area contributed by atoms with E-state index in [9.17, 15) is 4.79 Å². The molecule has 0 amide bonds. The molecule has 1 saturated carbocycles. The van der Waals surface area contributed by atoms with E-state index in [2.05, 4.69) is 0 Å². The van der Waals surface area contributed by atoms with Crippen LogP contribution in [0.2, 0.25) is 0 Å². The van der Waals surface area contributed by atoms with E-state index in [0.717, 1.165) is 30.2 Å². The molecule has 88 valence electrons. The lowest BCUT2D eigenvalue weighted by atomic mass is 10.0. The third kappa shape index (κ3) is 1.87. The Balaban J connectivity index is 1.90. The first-order valence-corrected chi connectivity index (χ1v) is 6.02. The summed E-state index contributed by atoms with van der Waals surface area (Å²) in [5.74, 6) is 0.630. The summed E-state index contributed by atoms with van der Waals surface area (Å²) in [6, 6.07) is 9.70. The Kier molecular flexibility index (Phi) is 2.48. The molecule has 3 nitrogen and oxygen atoms in total. The van der Waals surface area contributed by atoms with Crippen molar-refractivity contribution in [2.24, 2.45) is 11.7 Å². The molecule has 0 saturated heterocycles. The minimum absolute atomic E-state index is 0.0468. The van der Waals surface area contributed by atoms with E-state index in [1.807, 2.05) is 30.3 Å². The molecule has 1 aromatic carbocycles. The number of furan rings is 1. The first-order valence-electron chi connectivity index (χ1n) is 6.02. The minimum atomic E-state index is 0.0468. The van der Waals surface area contributed by atoms with E-state index < -0.39 is 0 Å². The van der Waals surface area contributed by atoms with Gasteiger partial charge in [-0.1, -0.05) is 18.2 Å². The van der Waals surface area contributed by atoms with Gasteiger partial charge in [0.05, 0.1) is 0 Å². The van der Waals surface area contributed by atoms with Crippen LogP contribution < -0.4 is 5.73 Å². The highest BCUT2D eigenvalue weighted by atomic mass is 16.3. The number of hydrogen-bond donors (Lipinski definition) is 1. The summed E-state index contributed by atoms with van der Waals surface area (Å²) in [7, 11) is 0. The minimum Gasteiger partial charge on any atom is -0.453 e. The monoisotopic (exact) mass is 229 g/mol. The summed E-state index contributed by atoms with van der Waals surface area (Å²) < 4.78 is 5.59. The van der Waals surface area contributed by atoms with E-state index >= 15 is 0 Å². The molecular formula is C14H15NO2. The summed E-state index contributed by atoms with van der Waals surface area (Å²) >= 11 is 0. The quantitative estimate of drug-likeness (QED) is 0.805. The zero-order valence-corrected chi connectivity index (χ0v) is 9.56. The summed E-state index contributed by atoms with van der Waals surface area (Å²) in [6.07, 6.45) is 2.61. The van der Waals surface area contributed by atoms with Crippen molar-refractivity contribution >= 4 is 16.8 Å². The second kappa shape index (κ2) is 4.00. The van der Waals surface area contributed by atoms with Crippen molar-refractivity contribution in [3.8, 4) is 0 Å². The number of fused-ring (bicyclic) bond motifs is 1. The van der Waals surface area contributed by atoms with Gasteiger partial charge in [-0.15, -0.1) is 0 Å². The van der Waals surface area contributed by atoms with Crippen LogP contribution in [0.4, 0.5) is 0 Å². The topological polar surface area (TPSA) is 56.2 Å². The number of benzene rings is 1. The number of hydrogen-bond acceptors (Lipinski definition) is 3. The summed E-state index contributed by atoms with van der Waals surface area (Å²) in [4.78, 5) is 12.2. The van der Waals surface area contributed by atoms with Gasteiger partial charge < -0.3 is 10.2 Å². The second-order valence-corrected chi connectivity index (χ2v) is 4.78. The van der Waals surface area contributed by atoms with Gasteiger partial charge in [-0.2, -0.15) is 0 Å². The smallest absolute Gasteiger partial charge is 0.201 e. The van der Waals surface area contributed by atoms with Gasteiger partial charge in [0.15, 0.2) is 5.76 Å². The van der Waals surface area contributed by atoms with E-state index in [0.29, 0.717) is 5.76 Å². The molecule has 1 fully saturated rings. The molecule has 1 aromatic heterocycles. The Morgan fingerprint density at radius 2 is 2.12 bits per heavy atom. The summed E-state index contributed by atoms with van der Waals surface area (Å²) in [6.45, 7) is 0. The van der Waals surface area contributed by atoms with Crippen LogP contribution >= 0.6 is 0 Å². The molecule has 1 aliphatic rings. The van der Waals surface area contributed by atoms with Gasteiger partial charge in [0.2, 0.25) is 5.78 Å². The first-order chi connectivity index (χ1) is 8.24. The second-order valence-electron chi connectivity index (χ2n) is 4.78. The Hall–Kier alpha value is -1.61. The molecule has 2 aromatic rings. The van der Waals surface area contributed by atoms with Gasteiger partial charge in [-0.25, -0.2) is 0 Å². The molecule has 1 aliphatic carbocycles. The van der Waals surface area contributed by atoms with Crippen LogP contribution in [0.3, 0.4) is 0 Å². The molecule has 0 radical (unpaired) electrons. The van der Waals surface area contributed by atoms with Gasteiger partial charge in [0.25, 0.3) is 0 Å². The fourth-order valence-corrected chi connectivity index (χ4v) is 2.56. The number of carbonyl (C=O) groups excluding carboxylic acids is 1. The van der Waals surface area contributed by atoms with Crippen molar-refractivity contribution < 1.29 is 9.21 Å². The van der Waals surface area contributed by atoms with Crippen LogP contribution in [-0.2, 0) is 0 Å². The maximum absolute atomic E-state index is 12.2. The van der Waals surface area contributed by atoms with Crippen molar-refractivity contribution in [2.45, 2.75) is 25.3 Å². The Bertz CT molecular complexity index is 525. The van der Waals surface area contributed by atoms with E-state index in [1.54, 1.807) is 0 Å². The molecule has 3 rings (SSSR count). The molecule has 17 heavy (non-hydrogen) atoms. The van der Waals surface area contributed by atoms with Crippen LogP contribution in [-0.4, -0.2) is 11.8 Å². The molecule has 0 aliphatic heterocycles. The lowest BCUT2D eigenvalue weighted by Gasteiger charge is -2.04. The fraction of sp³-hybridized carbons (Fsp3) is 0.357. The third-order valence-corrected chi connectivity index (χ3v) is 3.51. The van der Waals surface area contributed by atoms with Crippen molar-refractivity contribution in [1.82, 2.24) is 0 Å². The molecular weight excluding hydrogens is 214 g/mol. The van der Waals surface area contributed by atoms with Gasteiger partial charge in [0.1, 0.15) is 5.58 Å².